The summed E-state index contributed by atoms with van der Waals surface area (Å²) in [6.07, 6.45) is 2.87. The van der Waals surface area contributed by atoms with E-state index in [0.717, 1.165) is 43.1 Å². The lowest BCUT2D eigenvalue weighted by molar-refractivity contribution is 0.493. The minimum atomic E-state index is 0.667. The summed E-state index contributed by atoms with van der Waals surface area (Å²) in [5.41, 5.74) is 1.28. The molecule has 0 aliphatic rings. The van der Waals surface area contributed by atoms with Crippen molar-refractivity contribution in [3.8, 4) is 10.8 Å². The Morgan fingerprint density at radius 2 is 2.22 bits per heavy atom. The molecule has 0 bridgehead atoms. The van der Waals surface area contributed by atoms with Crippen molar-refractivity contribution in [1.82, 2.24) is 15.5 Å². The highest BCUT2D eigenvalue weighted by molar-refractivity contribution is 7.13. The molecule has 0 amide bonds. The number of aryl methyl sites for hydroxylation is 2. The molecule has 2 aromatic heterocycles. The minimum Gasteiger partial charge on any atom is -0.420 e. The molecule has 0 saturated heterocycles. The van der Waals surface area contributed by atoms with Gasteiger partial charge in [0.25, 0.3) is 5.89 Å². The molecular formula is C13H19N3OS. The van der Waals surface area contributed by atoms with Gasteiger partial charge < -0.3 is 9.73 Å². The van der Waals surface area contributed by atoms with Crippen LogP contribution in [-0.2, 0) is 12.8 Å². The fourth-order valence-electron chi connectivity index (χ4n) is 1.79. The van der Waals surface area contributed by atoms with Gasteiger partial charge in [0.1, 0.15) is 0 Å². The highest BCUT2D eigenvalue weighted by atomic mass is 32.1. The lowest BCUT2D eigenvalue weighted by Gasteiger charge is -1.98. The van der Waals surface area contributed by atoms with Crippen LogP contribution in [0.4, 0.5) is 0 Å². The standard InChI is InChI=1S/C13H19N3OS/c1-3-10-7-9-18-12(10)13-16-15-11(17-13)6-5-8-14-4-2/h7,9,14H,3-6,8H2,1-2H3. The summed E-state index contributed by atoms with van der Waals surface area (Å²) in [7, 11) is 0. The second kappa shape index (κ2) is 6.66. The predicted molar refractivity (Wildman–Crippen MR) is 73.9 cm³/mol. The summed E-state index contributed by atoms with van der Waals surface area (Å²) < 4.78 is 5.71. The van der Waals surface area contributed by atoms with E-state index in [0.29, 0.717) is 5.89 Å². The molecule has 0 aliphatic heterocycles. The van der Waals surface area contributed by atoms with Crippen LogP contribution in [0.5, 0.6) is 0 Å². The zero-order chi connectivity index (χ0) is 12.8. The molecule has 0 fully saturated rings. The van der Waals surface area contributed by atoms with Gasteiger partial charge in [-0.2, -0.15) is 0 Å². The maximum absolute atomic E-state index is 5.71. The van der Waals surface area contributed by atoms with E-state index in [-0.39, 0.29) is 0 Å². The van der Waals surface area contributed by atoms with E-state index in [4.69, 9.17) is 4.42 Å². The van der Waals surface area contributed by atoms with Crippen molar-refractivity contribution in [1.29, 1.82) is 0 Å². The molecule has 5 heteroatoms. The molecule has 2 heterocycles. The van der Waals surface area contributed by atoms with Crippen LogP contribution >= 0.6 is 11.3 Å². The van der Waals surface area contributed by atoms with Gasteiger partial charge in [-0.05, 0) is 42.9 Å². The number of nitrogens with zero attached hydrogens (tertiary/aromatic N) is 2. The van der Waals surface area contributed by atoms with Gasteiger partial charge >= 0.3 is 0 Å². The van der Waals surface area contributed by atoms with Crippen LogP contribution in [0.3, 0.4) is 0 Å². The molecule has 4 nitrogen and oxygen atoms in total. The quantitative estimate of drug-likeness (QED) is 0.782. The first kappa shape index (κ1) is 13.2. The van der Waals surface area contributed by atoms with Crippen molar-refractivity contribution in [3.63, 3.8) is 0 Å². The van der Waals surface area contributed by atoms with E-state index in [9.17, 15) is 0 Å². The van der Waals surface area contributed by atoms with Crippen molar-refractivity contribution < 1.29 is 4.42 Å². The molecule has 1 N–H and O–H groups in total. The Bertz CT molecular complexity index is 478. The first-order valence-electron chi connectivity index (χ1n) is 6.45. The summed E-state index contributed by atoms with van der Waals surface area (Å²) in [6.45, 7) is 6.24. The Hall–Kier alpha value is -1.20. The first-order chi connectivity index (χ1) is 8.85. The first-order valence-corrected chi connectivity index (χ1v) is 7.33. The lowest BCUT2D eigenvalue weighted by Crippen LogP contribution is -2.14. The molecule has 2 rings (SSSR count). The highest BCUT2D eigenvalue weighted by Crippen LogP contribution is 2.28. The van der Waals surface area contributed by atoms with Crippen molar-refractivity contribution in [2.75, 3.05) is 13.1 Å². The molecule has 2 aromatic rings. The predicted octanol–water partition coefficient (Wildman–Crippen LogP) is 2.90. The smallest absolute Gasteiger partial charge is 0.258 e. The summed E-state index contributed by atoms with van der Waals surface area (Å²) in [5, 5.41) is 13.6. The van der Waals surface area contributed by atoms with Crippen molar-refractivity contribution >= 4 is 11.3 Å². The topological polar surface area (TPSA) is 51.0 Å². The highest BCUT2D eigenvalue weighted by Gasteiger charge is 2.12. The van der Waals surface area contributed by atoms with Crippen molar-refractivity contribution in [2.45, 2.75) is 33.1 Å². The summed E-state index contributed by atoms with van der Waals surface area (Å²) in [5.74, 6) is 1.40. The molecular weight excluding hydrogens is 246 g/mol. The molecule has 0 saturated carbocycles. The van der Waals surface area contributed by atoms with E-state index in [1.165, 1.54) is 5.56 Å². The number of thiophene rings is 1. The third kappa shape index (κ3) is 3.17. The van der Waals surface area contributed by atoms with Crippen LogP contribution in [0, 0.1) is 0 Å². The van der Waals surface area contributed by atoms with E-state index >= 15 is 0 Å². The molecule has 0 unspecified atom stereocenters. The largest absolute Gasteiger partial charge is 0.420 e. The number of rotatable bonds is 7. The average Bonchev–Trinajstić information content (AvgIpc) is 3.02. The Kier molecular flexibility index (Phi) is 4.90. The van der Waals surface area contributed by atoms with Crippen molar-refractivity contribution in [2.24, 2.45) is 0 Å². The van der Waals surface area contributed by atoms with Gasteiger partial charge in [0.05, 0.1) is 4.88 Å². The number of hydrogen-bond donors (Lipinski definition) is 1. The van der Waals surface area contributed by atoms with E-state index in [2.05, 4.69) is 40.8 Å². The van der Waals surface area contributed by atoms with Crippen LogP contribution in [0.15, 0.2) is 15.9 Å². The second-order valence-electron chi connectivity index (χ2n) is 4.09. The van der Waals surface area contributed by atoms with Crippen LogP contribution in [0.1, 0.15) is 31.7 Å². The monoisotopic (exact) mass is 265 g/mol. The molecule has 0 spiro atoms. The van der Waals surface area contributed by atoms with Crippen LogP contribution in [-0.4, -0.2) is 23.3 Å². The third-order valence-corrected chi connectivity index (χ3v) is 3.73. The van der Waals surface area contributed by atoms with Crippen LogP contribution in [0.2, 0.25) is 0 Å². The average molecular weight is 265 g/mol. The maximum atomic E-state index is 5.71. The number of nitrogens with one attached hydrogen (secondary N) is 1. The zero-order valence-corrected chi connectivity index (χ0v) is 11.7. The third-order valence-electron chi connectivity index (χ3n) is 2.78. The fourth-order valence-corrected chi connectivity index (χ4v) is 2.70. The van der Waals surface area contributed by atoms with Gasteiger partial charge in [-0.3, -0.25) is 0 Å². The summed E-state index contributed by atoms with van der Waals surface area (Å²) in [6, 6.07) is 2.12. The molecule has 98 valence electrons. The summed E-state index contributed by atoms with van der Waals surface area (Å²) in [4.78, 5) is 1.11. The van der Waals surface area contributed by atoms with E-state index in [1.54, 1.807) is 11.3 Å². The summed E-state index contributed by atoms with van der Waals surface area (Å²) >= 11 is 1.66. The van der Waals surface area contributed by atoms with Gasteiger partial charge in [-0.25, -0.2) is 0 Å². The molecule has 0 atom stereocenters. The second-order valence-corrected chi connectivity index (χ2v) is 5.00. The Morgan fingerprint density at radius 1 is 1.33 bits per heavy atom. The van der Waals surface area contributed by atoms with Crippen LogP contribution < -0.4 is 5.32 Å². The van der Waals surface area contributed by atoms with Crippen molar-refractivity contribution in [3.05, 3.63) is 22.9 Å². The Labute approximate surface area is 111 Å². The Morgan fingerprint density at radius 3 is 3.00 bits per heavy atom. The molecule has 0 radical (unpaired) electrons. The lowest BCUT2D eigenvalue weighted by atomic mass is 10.2. The molecule has 18 heavy (non-hydrogen) atoms. The molecule has 0 aromatic carbocycles. The number of hydrogen-bond acceptors (Lipinski definition) is 5. The zero-order valence-electron chi connectivity index (χ0n) is 10.9. The van der Waals surface area contributed by atoms with Gasteiger partial charge in [-0.15, -0.1) is 21.5 Å². The Balaban J connectivity index is 1.97. The minimum absolute atomic E-state index is 0.667. The SMILES string of the molecule is CCNCCCc1nnc(-c2sccc2CC)o1. The molecule has 0 aliphatic carbocycles. The number of aromatic nitrogens is 2. The van der Waals surface area contributed by atoms with Crippen LogP contribution in [0.25, 0.3) is 10.8 Å². The van der Waals surface area contributed by atoms with Gasteiger partial charge in [0, 0.05) is 6.42 Å². The van der Waals surface area contributed by atoms with E-state index < -0.39 is 0 Å². The fraction of sp³-hybridized carbons (Fsp3) is 0.538. The normalized spacial score (nSPS) is 11.0. The maximum Gasteiger partial charge on any atom is 0.258 e. The van der Waals surface area contributed by atoms with E-state index in [1.807, 2.05) is 0 Å². The van der Waals surface area contributed by atoms with Gasteiger partial charge in [0.2, 0.25) is 5.89 Å². The van der Waals surface area contributed by atoms with Gasteiger partial charge in [-0.1, -0.05) is 13.8 Å². The van der Waals surface area contributed by atoms with Gasteiger partial charge in [0.15, 0.2) is 0 Å².